The maximum absolute atomic E-state index is 14.3. The van der Waals surface area contributed by atoms with E-state index >= 15 is 0 Å². The Morgan fingerprint density at radius 3 is 2.43 bits per heavy atom. The van der Waals surface area contributed by atoms with Crippen molar-refractivity contribution in [3.8, 4) is 11.3 Å². The van der Waals surface area contributed by atoms with Crippen LogP contribution in [0.25, 0.3) is 22.3 Å². The van der Waals surface area contributed by atoms with Crippen molar-refractivity contribution in [2.24, 2.45) is 0 Å². The fourth-order valence-electron chi connectivity index (χ4n) is 2.79. The number of hydrogen-bond acceptors (Lipinski definition) is 4. The molecule has 0 spiro atoms. The highest BCUT2D eigenvalue weighted by molar-refractivity contribution is 5.93. The van der Waals surface area contributed by atoms with Crippen LogP contribution in [0.3, 0.4) is 0 Å². The van der Waals surface area contributed by atoms with Gasteiger partial charge in [0.1, 0.15) is 5.82 Å². The number of fused-ring (bicyclic) bond motifs is 1. The van der Waals surface area contributed by atoms with Crippen LogP contribution in [-0.2, 0) is 6.18 Å². The summed E-state index contributed by atoms with van der Waals surface area (Å²) in [4.78, 5) is 12.4. The van der Waals surface area contributed by atoms with E-state index in [1.54, 1.807) is 36.7 Å². The highest BCUT2D eigenvalue weighted by Gasteiger charge is 2.31. The lowest BCUT2D eigenvalue weighted by molar-refractivity contribution is -0.137. The Labute approximate surface area is 156 Å². The molecule has 1 N–H and O–H groups in total. The average molecular weight is 384 g/mol. The van der Waals surface area contributed by atoms with Gasteiger partial charge in [-0.05, 0) is 48.5 Å². The Hall–Kier alpha value is -3.55. The van der Waals surface area contributed by atoms with Crippen LogP contribution in [0.15, 0.2) is 67.1 Å². The Morgan fingerprint density at radius 1 is 0.893 bits per heavy atom. The third-order valence-corrected chi connectivity index (χ3v) is 4.11. The maximum atomic E-state index is 14.3. The number of aromatic nitrogens is 3. The van der Waals surface area contributed by atoms with Gasteiger partial charge in [0.25, 0.3) is 0 Å². The Morgan fingerprint density at radius 2 is 1.68 bits per heavy atom. The molecule has 4 nitrogen and oxygen atoms in total. The summed E-state index contributed by atoms with van der Waals surface area (Å²) >= 11 is 0. The molecule has 0 fully saturated rings. The fraction of sp³-hybridized carbons (Fsp3) is 0.0500. The second kappa shape index (κ2) is 6.88. The van der Waals surface area contributed by atoms with Gasteiger partial charge >= 0.3 is 6.18 Å². The van der Waals surface area contributed by atoms with Crippen molar-refractivity contribution in [2.45, 2.75) is 6.18 Å². The summed E-state index contributed by atoms with van der Waals surface area (Å²) in [7, 11) is 0. The van der Waals surface area contributed by atoms with E-state index in [0.29, 0.717) is 22.8 Å². The predicted molar refractivity (Wildman–Crippen MR) is 97.5 cm³/mol. The number of benzene rings is 1. The van der Waals surface area contributed by atoms with Gasteiger partial charge in [-0.25, -0.2) is 14.4 Å². The van der Waals surface area contributed by atoms with E-state index in [4.69, 9.17) is 0 Å². The third-order valence-electron chi connectivity index (χ3n) is 4.11. The molecule has 0 radical (unpaired) electrons. The van der Waals surface area contributed by atoms with Crippen molar-refractivity contribution in [3.63, 3.8) is 0 Å². The summed E-state index contributed by atoms with van der Waals surface area (Å²) in [5, 5.41) is 3.81. The summed E-state index contributed by atoms with van der Waals surface area (Å²) in [5.41, 5.74) is 0.383. The van der Waals surface area contributed by atoms with E-state index in [0.717, 1.165) is 12.1 Å². The predicted octanol–water partition coefficient (Wildman–Crippen LogP) is 5.59. The highest BCUT2D eigenvalue weighted by atomic mass is 19.4. The standard InChI is InChI=1S/C20H12F4N4/c21-16-4-3-12(20(22,23)24)10-15(16)18-11-17(27-13-5-8-25-9-6-13)14-2-1-7-26-19(14)28-18/h1-11H,(H,25,26,27,28). The Kier molecular flexibility index (Phi) is 4.38. The lowest BCUT2D eigenvalue weighted by atomic mass is 10.0. The van der Waals surface area contributed by atoms with E-state index in [9.17, 15) is 17.6 Å². The molecule has 0 amide bonds. The monoisotopic (exact) mass is 384 g/mol. The molecular formula is C20H12F4N4. The molecule has 1 aromatic carbocycles. The van der Waals surface area contributed by atoms with Crippen LogP contribution in [0.4, 0.5) is 28.9 Å². The Bertz CT molecular complexity index is 1140. The van der Waals surface area contributed by atoms with Crippen LogP contribution in [0.2, 0.25) is 0 Å². The summed E-state index contributed by atoms with van der Waals surface area (Å²) in [6.45, 7) is 0. The largest absolute Gasteiger partial charge is 0.416 e. The molecule has 4 rings (SSSR count). The molecular weight excluding hydrogens is 372 g/mol. The van der Waals surface area contributed by atoms with Gasteiger partial charge < -0.3 is 5.32 Å². The number of halogens is 4. The molecule has 0 aliphatic carbocycles. The quantitative estimate of drug-likeness (QED) is 0.468. The first-order valence-corrected chi connectivity index (χ1v) is 8.22. The molecule has 3 heterocycles. The first-order valence-electron chi connectivity index (χ1n) is 8.22. The zero-order valence-corrected chi connectivity index (χ0v) is 14.2. The van der Waals surface area contributed by atoms with Crippen LogP contribution in [0, 0.1) is 5.82 Å². The van der Waals surface area contributed by atoms with Gasteiger partial charge in [-0.15, -0.1) is 0 Å². The average Bonchev–Trinajstić information content (AvgIpc) is 2.68. The van der Waals surface area contributed by atoms with E-state index in [-0.39, 0.29) is 16.9 Å². The normalized spacial score (nSPS) is 11.6. The molecule has 0 saturated carbocycles. The summed E-state index contributed by atoms with van der Waals surface area (Å²) < 4.78 is 53.5. The van der Waals surface area contributed by atoms with Crippen molar-refractivity contribution < 1.29 is 17.6 Å². The number of hydrogen-bond donors (Lipinski definition) is 1. The smallest absolute Gasteiger partial charge is 0.355 e. The van der Waals surface area contributed by atoms with Crippen LogP contribution < -0.4 is 5.32 Å². The number of pyridine rings is 3. The molecule has 0 unspecified atom stereocenters. The van der Waals surface area contributed by atoms with Gasteiger partial charge in [0.05, 0.1) is 16.9 Å². The molecule has 4 aromatic rings. The minimum atomic E-state index is -4.59. The number of anilines is 2. The second-order valence-electron chi connectivity index (χ2n) is 5.98. The molecule has 8 heteroatoms. The van der Waals surface area contributed by atoms with Gasteiger partial charge in [0.15, 0.2) is 5.65 Å². The number of nitrogens with zero attached hydrogens (tertiary/aromatic N) is 3. The van der Waals surface area contributed by atoms with Gasteiger partial charge in [0, 0.05) is 35.2 Å². The van der Waals surface area contributed by atoms with Crippen LogP contribution in [0.5, 0.6) is 0 Å². The molecule has 0 aliphatic heterocycles. The van der Waals surface area contributed by atoms with E-state index in [1.807, 2.05) is 0 Å². The minimum Gasteiger partial charge on any atom is -0.355 e. The zero-order chi connectivity index (χ0) is 19.7. The topological polar surface area (TPSA) is 50.7 Å². The van der Waals surface area contributed by atoms with Gasteiger partial charge in [-0.3, -0.25) is 4.98 Å². The minimum absolute atomic E-state index is 0.0476. The highest BCUT2D eigenvalue weighted by Crippen LogP contribution is 2.35. The maximum Gasteiger partial charge on any atom is 0.416 e. The number of nitrogens with one attached hydrogen (secondary N) is 1. The molecule has 0 aliphatic rings. The van der Waals surface area contributed by atoms with Crippen molar-refractivity contribution in [1.29, 1.82) is 0 Å². The molecule has 28 heavy (non-hydrogen) atoms. The van der Waals surface area contributed by atoms with Gasteiger partial charge in [-0.2, -0.15) is 13.2 Å². The van der Waals surface area contributed by atoms with Crippen molar-refractivity contribution in [3.05, 3.63) is 78.5 Å². The molecule has 140 valence electrons. The lowest BCUT2D eigenvalue weighted by Crippen LogP contribution is -2.06. The van der Waals surface area contributed by atoms with E-state index < -0.39 is 17.6 Å². The third kappa shape index (κ3) is 3.48. The van der Waals surface area contributed by atoms with Gasteiger partial charge in [-0.1, -0.05) is 0 Å². The van der Waals surface area contributed by atoms with Crippen LogP contribution in [0.1, 0.15) is 5.56 Å². The summed E-state index contributed by atoms with van der Waals surface area (Å²) in [6, 6.07) is 10.7. The SMILES string of the molecule is Fc1ccc(C(F)(F)F)cc1-c1cc(Nc2ccncc2)c2cccnc2n1. The van der Waals surface area contributed by atoms with Crippen molar-refractivity contribution in [1.82, 2.24) is 15.0 Å². The summed E-state index contributed by atoms with van der Waals surface area (Å²) in [6.07, 6.45) is 0.113. The fourth-order valence-corrected chi connectivity index (χ4v) is 2.79. The molecule has 0 saturated heterocycles. The van der Waals surface area contributed by atoms with Crippen molar-refractivity contribution in [2.75, 3.05) is 5.32 Å². The van der Waals surface area contributed by atoms with Gasteiger partial charge in [0.2, 0.25) is 0 Å². The van der Waals surface area contributed by atoms with Crippen molar-refractivity contribution >= 4 is 22.4 Å². The lowest BCUT2D eigenvalue weighted by Gasteiger charge is -2.13. The first-order chi connectivity index (χ1) is 13.4. The Balaban J connectivity index is 1.89. The van der Waals surface area contributed by atoms with Crippen LogP contribution >= 0.6 is 0 Å². The van der Waals surface area contributed by atoms with E-state index in [1.165, 1.54) is 12.3 Å². The second-order valence-corrected chi connectivity index (χ2v) is 5.98. The number of rotatable bonds is 3. The summed E-state index contributed by atoms with van der Waals surface area (Å²) in [5.74, 6) is -0.800. The molecule has 0 atom stereocenters. The zero-order valence-electron chi connectivity index (χ0n) is 14.2. The first kappa shape index (κ1) is 17.8. The van der Waals surface area contributed by atoms with Crippen LogP contribution in [-0.4, -0.2) is 15.0 Å². The number of alkyl halides is 3. The molecule has 3 aromatic heterocycles. The van der Waals surface area contributed by atoms with E-state index in [2.05, 4.69) is 20.3 Å². The molecule has 0 bridgehead atoms.